The Bertz CT molecular complexity index is 1170. The Morgan fingerprint density at radius 3 is 2.58 bits per heavy atom. The standard InChI is InChI=1S/C24H28N2O4S/c1-24(2,3)30-17-21-16-29-15-20-9-5-4-8-19(20)14-26(21)31(27,28)22-12-6-10-18-11-7-13-25-23(18)22/h4-13,21H,14-17H2,1-3H3. The van der Waals surface area contributed by atoms with E-state index < -0.39 is 21.7 Å². The molecule has 0 fully saturated rings. The zero-order valence-corrected chi connectivity index (χ0v) is 18.9. The van der Waals surface area contributed by atoms with Crippen molar-refractivity contribution in [3.63, 3.8) is 0 Å². The van der Waals surface area contributed by atoms with Gasteiger partial charge in [-0.1, -0.05) is 42.5 Å². The van der Waals surface area contributed by atoms with Crippen LogP contribution in [0.25, 0.3) is 10.9 Å². The summed E-state index contributed by atoms with van der Waals surface area (Å²) in [7, 11) is -3.88. The smallest absolute Gasteiger partial charge is 0.245 e. The molecular formula is C24H28N2O4S. The SMILES string of the molecule is CC(C)(C)OCC1COCc2ccccc2CN1S(=O)(=O)c1cccc2cccnc12. The number of rotatable bonds is 4. The van der Waals surface area contributed by atoms with Gasteiger partial charge in [0.2, 0.25) is 10.0 Å². The highest BCUT2D eigenvalue weighted by Crippen LogP contribution is 2.29. The van der Waals surface area contributed by atoms with E-state index in [1.165, 1.54) is 4.31 Å². The first-order valence-electron chi connectivity index (χ1n) is 10.4. The molecule has 4 rings (SSSR count). The Hall–Kier alpha value is -2.32. The van der Waals surface area contributed by atoms with Crippen molar-refractivity contribution < 1.29 is 17.9 Å². The number of aromatic nitrogens is 1. The number of hydrogen-bond acceptors (Lipinski definition) is 5. The number of ether oxygens (including phenoxy) is 2. The topological polar surface area (TPSA) is 68.7 Å². The van der Waals surface area contributed by atoms with Crippen LogP contribution in [0.5, 0.6) is 0 Å². The molecule has 6 nitrogen and oxygen atoms in total. The summed E-state index contributed by atoms with van der Waals surface area (Å²) < 4.78 is 41.4. The minimum Gasteiger partial charge on any atom is -0.375 e. The highest BCUT2D eigenvalue weighted by atomic mass is 32.2. The van der Waals surface area contributed by atoms with E-state index in [9.17, 15) is 8.42 Å². The van der Waals surface area contributed by atoms with Crippen LogP contribution in [0.1, 0.15) is 31.9 Å². The molecule has 3 aromatic rings. The third-order valence-corrected chi connectivity index (χ3v) is 7.24. The van der Waals surface area contributed by atoms with Crippen LogP contribution in [0, 0.1) is 0 Å². The van der Waals surface area contributed by atoms with Crippen molar-refractivity contribution in [3.8, 4) is 0 Å². The highest BCUT2D eigenvalue weighted by Gasteiger charge is 2.35. The average molecular weight is 441 g/mol. The summed E-state index contributed by atoms with van der Waals surface area (Å²) in [5.74, 6) is 0. The molecular weight excluding hydrogens is 412 g/mol. The minimum atomic E-state index is -3.88. The first-order valence-corrected chi connectivity index (χ1v) is 11.8. The maximum atomic E-state index is 14.0. The number of sulfonamides is 1. The predicted molar refractivity (Wildman–Crippen MR) is 120 cm³/mol. The molecule has 1 aliphatic heterocycles. The average Bonchev–Trinajstić information content (AvgIpc) is 2.72. The minimum absolute atomic E-state index is 0.199. The molecule has 0 bridgehead atoms. The van der Waals surface area contributed by atoms with E-state index in [0.717, 1.165) is 16.5 Å². The molecule has 1 aromatic heterocycles. The van der Waals surface area contributed by atoms with Crippen LogP contribution in [0.3, 0.4) is 0 Å². The molecule has 2 aromatic carbocycles. The van der Waals surface area contributed by atoms with Crippen LogP contribution in [-0.4, -0.2) is 42.6 Å². The summed E-state index contributed by atoms with van der Waals surface area (Å²) in [5.41, 5.74) is 2.00. The molecule has 164 valence electrons. The second kappa shape index (κ2) is 8.67. The van der Waals surface area contributed by atoms with E-state index in [4.69, 9.17) is 9.47 Å². The molecule has 2 heterocycles. The van der Waals surface area contributed by atoms with Crippen molar-refractivity contribution in [2.24, 2.45) is 0 Å². The Morgan fingerprint density at radius 1 is 1.06 bits per heavy atom. The van der Waals surface area contributed by atoms with E-state index >= 15 is 0 Å². The molecule has 1 atom stereocenters. The molecule has 0 N–H and O–H groups in total. The van der Waals surface area contributed by atoms with Crippen LogP contribution in [0.4, 0.5) is 0 Å². The van der Waals surface area contributed by atoms with Gasteiger partial charge in [0.1, 0.15) is 4.90 Å². The number of benzene rings is 2. The van der Waals surface area contributed by atoms with Crippen molar-refractivity contribution in [1.29, 1.82) is 0 Å². The van der Waals surface area contributed by atoms with Gasteiger partial charge in [-0.2, -0.15) is 4.31 Å². The summed E-state index contributed by atoms with van der Waals surface area (Å²) in [5, 5.41) is 0.787. The molecule has 1 aliphatic rings. The van der Waals surface area contributed by atoms with Gasteiger partial charge in [0, 0.05) is 18.1 Å². The summed E-state index contributed by atoms with van der Waals surface area (Å²) >= 11 is 0. The van der Waals surface area contributed by atoms with Gasteiger partial charge < -0.3 is 9.47 Å². The fourth-order valence-electron chi connectivity index (χ4n) is 3.71. The third kappa shape index (κ3) is 4.80. The molecule has 0 saturated heterocycles. The van der Waals surface area contributed by atoms with E-state index in [1.54, 1.807) is 24.4 Å². The first kappa shape index (κ1) is 21.9. The summed E-state index contributed by atoms with van der Waals surface area (Å²) in [6, 6.07) is 16.3. The van der Waals surface area contributed by atoms with Gasteiger partial charge in [-0.25, -0.2) is 8.42 Å². The monoisotopic (exact) mass is 440 g/mol. The van der Waals surface area contributed by atoms with Crippen LogP contribution < -0.4 is 0 Å². The fraction of sp³-hybridized carbons (Fsp3) is 0.375. The first-order chi connectivity index (χ1) is 14.8. The number of fused-ring (bicyclic) bond motifs is 2. The lowest BCUT2D eigenvalue weighted by atomic mass is 10.1. The Balaban J connectivity index is 1.80. The lowest BCUT2D eigenvalue weighted by molar-refractivity contribution is -0.0459. The van der Waals surface area contributed by atoms with Crippen molar-refractivity contribution in [2.45, 2.75) is 50.5 Å². The van der Waals surface area contributed by atoms with Crippen LogP contribution >= 0.6 is 0 Å². The Kier molecular flexibility index (Phi) is 6.12. The highest BCUT2D eigenvalue weighted by molar-refractivity contribution is 7.89. The van der Waals surface area contributed by atoms with E-state index in [1.807, 2.05) is 57.2 Å². The molecule has 7 heteroatoms. The van der Waals surface area contributed by atoms with Crippen LogP contribution in [0.2, 0.25) is 0 Å². The third-order valence-electron chi connectivity index (χ3n) is 5.31. The Labute approximate surface area is 183 Å². The fourth-order valence-corrected chi connectivity index (χ4v) is 5.45. The lowest BCUT2D eigenvalue weighted by Gasteiger charge is -2.35. The number of nitrogens with zero attached hydrogens (tertiary/aromatic N) is 2. The van der Waals surface area contributed by atoms with E-state index in [-0.39, 0.29) is 24.7 Å². The van der Waals surface area contributed by atoms with Crippen molar-refractivity contribution in [2.75, 3.05) is 13.2 Å². The number of para-hydroxylation sites is 1. The Morgan fingerprint density at radius 2 is 1.81 bits per heavy atom. The summed E-state index contributed by atoms with van der Waals surface area (Å²) in [6.07, 6.45) is 1.62. The maximum absolute atomic E-state index is 14.0. The van der Waals surface area contributed by atoms with Gasteiger partial charge in [0.15, 0.2) is 0 Å². The second-order valence-corrected chi connectivity index (χ2v) is 10.6. The number of pyridine rings is 1. The van der Waals surface area contributed by atoms with Gasteiger partial charge in [-0.05, 0) is 44.0 Å². The molecule has 1 unspecified atom stereocenters. The number of hydrogen-bond donors (Lipinski definition) is 0. The molecule has 0 saturated carbocycles. The maximum Gasteiger partial charge on any atom is 0.245 e. The van der Waals surface area contributed by atoms with E-state index in [0.29, 0.717) is 12.1 Å². The van der Waals surface area contributed by atoms with Crippen LogP contribution in [-0.2, 0) is 32.6 Å². The lowest BCUT2D eigenvalue weighted by Crippen LogP contribution is -2.47. The van der Waals surface area contributed by atoms with Gasteiger partial charge in [-0.15, -0.1) is 0 Å². The predicted octanol–water partition coefficient (Wildman–Crippen LogP) is 4.14. The summed E-state index contributed by atoms with van der Waals surface area (Å²) in [4.78, 5) is 4.57. The zero-order valence-electron chi connectivity index (χ0n) is 18.1. The van der Waals surface area contributed by atoms with Crippen molar-refractivity contribution >= 4 is 20.9 Å². The van der Waals surface area contributed by atoms with E-state index in [2.05, 4.69) is 4.98 Å². The summed E-state index contributed by atoms with van der Waals surface area (Å²) in [6.45, 7) is 7.07. The largest absolute Gasteiger partial charge is 0.375 e. The molecule has 0 aliphatic carbocycles. The van der Waals surface area contributed by atoms with Crippen molar-refractivity contribution in [3.05, 3.63) is 71.9 Å². The quantitative estimate of drug-likeness (QED) is 0.610. The van der Waals surface area contributed by atoms with Crippen molar-refractivity contribution in [1.82, 2.24) is 9.29 Å². The van der Waals surface area contributed by atoms with Gasteiger partial charge >= 0.3 is 0 Å². The van der Waals surface area contributed by atoms with Gasteiger partial charge in [0.25, 0.3) is 0 Å². The molecule has 0 spiro atoms. The second-order valence-electron chi connectivity index (χ2n) is 8.74. The molecule has 31 heavy (non-hydrogen) atoms. The molecule has 0 radical (unpaired) electrons. The van der Waals surface area contributed by atoms with Crippen LogP contribution in [0.15, 0.2) is 65.7 Å². The van der Waals surface area contributed by atoms with Gasteiger partial charge in [0.05, 0.1) is 37.0 Å². The normalized spacial score (nSPS) is 18.4. The zero-order chi connectivity index (χ0) is 22.1. The molecule has 0 amide bonds. The van der Waals surface area contributed by atoms with Gasteiger partial charge in [-0.3, -0.25) is 4.98 Å².